The summed E-state index contributed by atoms with van der Waals surface area (Å²) in [6.07, 6.45) is 2.42. The van der Waals surface area contributed by atoms with E-state index in [2.05, 4.69) is 22.8 Å². The van der Waals surface area contributed by atoms with Crippen molar-refractivity contribution in [3.8, 4) is 5.75 Å². The van der Waals surface area contributed by atoms with E-state index in [1.54, 1.807) is 7.11 Å². The van der Waals surface area contributed by atoms with Crippen molar-refractivity contribution in [1.82, 2.24) is 10.6 Å². The summed E-state index contributed by atoms with van der Waals surface area (Å²) >= 11 is 0. The van der Waals surface area contributed by atoms with Gasteiger partial charge in [0.2, 0.25) is 0 Å². The van der Waals surface area contributed by atoms with Crippen LogP contribution in [0.1, 0.15) is 40.2 Å². The molecule has 3 rings (SSSR count). The Morgan fingerprint density at radius 3 is 2.56 bits per heavy atom. The maximum atomic E-state index is 12.4. The van der Waals surface area contributed by atoms with E-state index < -0.39 is 0 Å². The number of hydrogen-bond donors (Lipinski definition) is 2. The van der Waals surface area contributed by atoms with Crippen LogP contribution in [0.25, 0.3) is 0 Å². The fraction of sp³-hybridized carbons (Fsp3) is 0.409. The van der Waals surface area contributed by atoms with Gasteiger partial charge >= 0.3 is 0 Å². The average molecular weight is 368 g/mol. The summed E-state index contributed by atoms with van der Waals surface area (Å²) in [5.41, 5.74) is 3.04. The molecule has 2 N–H and O–H groups in total. The Kier molecular flexibility index (Phi) is 7.25. The van der Waals surface area contributed by atoms with E-state index in [1.165, 1.54) is 18.4 Å². The molecule has 0 aliphatic carbocycles. The topological polar surface area (TPSA) is 59.6 Å². The van der Waals surface area contributed by atoms with Crippen LogP contribution in [0.2, 0.25) is 0 Å². The maximum absolute atomic E-state index is 12.4. The number of rotatable bonds is 8. The molecule has 1 fully saturated rings. The molecular formula is C22H28N2O3. The minimum atomic E-state index is -0.0521. The SMILES string of the molecule is COCCOc1ccc(CNC(=O)c2ccc(C3CCCNC3)cc2)cc1. The van der Waals surface area contributed by atoms with E-state index in [0.29, 0.717) is 31.2 Å². The molecule has 1 aliphatic heterocycles. The zero-order valence-corrected chi connectivity index (χ0v) is 15.9. The average Bonchev–Trinajstić information content (AvgIpc) is 2.74. The largest absolute Gasteiger partial charge is 0.491 e. The van der Waals surface area contributed by atoms with Gasteiger partial charge in [0.05, 0.1) is 6.61 Å². The quantitative estimate of drug-likeness (QED) is 0.703. The summed E-state index contributed by atoms with van der Waals surface area (Å²) in [6, 6.07) is 15.7. The molecule has 0 spiro atoms. The number of amides is 1. The zero-order valence-electron chi connectivity index (χ0n) is 15.9. The van der Waals surface area contributed by atoms with Crippen molar-refractivity contribution in [3.63, 3.8) is 0 Å². The smallest absolute Gasteiger partial charge is 0.251 e. The van der Waals surface area contributed by atoms with Crippen LogP contribution in [0.3, 0.4) is 0 Å². The second kappa shape index (κ2) is 10.1. The van der Waals surface area contributed by atoms with Crippen molar-refractivity contribution in [1.29, 1.82) is 0 Å². The Bertz CT molecular complexity index is 707. The lowest BCUT2D eigenvalue weighted by Crippen LogP contribution is -2.28. The van der Waals surface area contributed by atoms with Crippen LogP contribution in [-0.4, -0.2) is 39.3 Å². The minimum Gasteiger partial charge on any atom is -0.491 e. The molecule has 1 atom stereocenters. The Morgan fingerprint density at radius 1 is 1.11 bits per heavy atom. The third-order valence-electron chi connectivity index (χ3n) is 4.87. The predicted octanol–water partition coefficient (Wildman–Crippen LogP) is 3.11. The van der Waals surface area contributed by atoms with Gasteiger partial charge in [-0.15, -0.1) is 0 Å². The molecule has 0 aromatic heterocycles. The Balaban J connectivity index is 1.48. The number of hydrogen-bond acceptors (Lipinski definition) is 4. The first-order chi connectivity index (χ1) is 13.3. The van der Waals surface area contributed by atoms with Crippen LogP contribution >= 0.6 is 0 Å². The second-order valence-corrected chi connectivity index (χ2v) is 6.83. The molecule has 1 aliphatic rings. The highest BCUT2D eigenvalue weighted by Crippen LogP contribution is 2.23. The molecule has 5 nitrogen and oxygen atoms in total. The molecular weight excluding hydrogens is 340 g/mol. The van der Waals surface area contributed by atoms with Gasteiger partial charge in [-0.05, 0) is 60.7 Å². The van der Waals surface area contributed by atoms with Crippen LogP contribution in [0.5, 0.6) is 5.75 Å². The van der Waals surface area contributed by atoms with Gasteiger partial charge in [-0.1, -0.05) is 24.3 Å². The third kappa shape index (κ3) is 5.81. The van der Waals surface area contributed by atoms with Crippen molar-refractivity contribution in [2.45, 2.75) is 25.3 Å². The van der Waals surface area contributed by atoms with Gasteiger partial charge in [-0.2, -0.15) is 0 Å². The van der Waals surface area contributed by atoms with Crippen LogP contribution in [0, 0.1) is 0 Å². The standard InChI is InChI=1S/C22H28N2O3/c1-26-13-14-27-21-10-4-17(5-11-21)15-24-22(25)19-8-6-18(7-9-19)20-3-2-12-23-16-20/h4-11,20,23H,2-3,12-16H2,1H3,(H,24,25). The highest BCUT2D eigenvalue weighted by molar-refractivity contribution is 5.94. The number of methoxy groups -OCH3 is 1. The van der Waals surface area contributed by atoms with E-state index in [4.69, 9.17) is 9.47 Å². The summed E-state index contributed by atoms with van der Waals surface area (Å²) < 4.78 is 10.5. The number of carbonyl (C=O) groups is 1. The lowest BCUT2D eigenvalue weighted by Gasteiger charge is -2.23. The number of benzene rings is 2. The van der Waals surface area contributed by atoms with Gasteiger partial charge in [-0.3, -0.25) is 4.79 Å². The molecule has 0 saturated carbocycles. The monoisotopic (exact) mass is 368 g/mol. The summed E-state index contributed by atoms with van der Waals surface area (Å²) in [7, 11) is 1.65. The van der Waals surface area contributed by atoms with E-state index in [0.717, 1.165) is 24.4 Å². The van der Waals surface area contributed by atoms with Crippen LogP contribution in [0.15, 0.2) is 48.5 Å². The molecule has 1 unspecified atom stereocenters. The van der Waals surface area contributed by atoms with E-state index in [9.17, 15) is 4.79 Å². The van der Waals surface area contributed by atoms with Gasteiger partial charge in [0.1, 0.15) is 12.4 Å². The third-order valence-corrected chi connectivity index (χ3v) is 4.87. The number of piperidine rings is 1. The highest BCUT2D eigenvalue weighted by Gasteiger charge is 2.15. The molecule has 1 saturated heterocycles. The molecule has 0 bridgehead atoms. The van der Waals surface area contributed by atoms with Gasteiger partial charge in [0.15, 0.2) is 0 Å². The van der Waals surface area contributed by atoms with Crippen molar-refractivity contribution in [3.05, 3.63) is 65.2 Å². The van der Waals surface area contributed by atoms with Gasteiger partial charge in [0, 0.05) is 25.8 Å². The van der Waals surface area contributed by atoms with Crippen molar-refractivity contribution in [2.24, 2.45) is 0 Å². The van der Waals surface area contributed by atoms with Crippen molar-refractivity contribution < 1.29 is 14.3 Å². The number of nitrogens with one attached hydrogen (secondary N) is 2. The molecule has 1 amide bonds. The highest BCUT2D eigenvalue weighted by atomic mass is 16.5. The van der Waals surface area contributed by atoms with Gasteiger partial charge in [0.25, 0.3) is 5.91 Å². The minimum absolute atomic E-state index is 0.0521. The summed E-state index contributed by atoms with van der Waals surface area (Å²) in [5, 5.41) is 6.41. The molecule has 144 valence electrons. The van der Waals surface area contributed by atoms with Crippen LogP contribution < -0.4 is 15.4 Å². The fourth-order valence-electron chi connectivity index (χ4n) is 3.27. The van der Waals surface area contributed by atoms with Crippen molar-refractivity contribution >= 4 is 5.91 Å². The Morgan fingerprint density at radius 2 is 1.89 bits per heavy atom. The molecule has 2 aromatic carbocycles. The summed E-state index contributed by atoms with van der Waals surface area (Å²) in [5.74, 6) is 1.30. The summed E-state index contributed by atoms with van der Waals surface area (Å²) in [6.45, 7) is 3.72. The zero-order chi connectivity index (χ0) is 18.9. The van der Waals surface area contributed by atoms with Crippen molar-refractivity contribution in [2.75, 3.05) is 33.4 Å². The Hall–Kier alpha value is -2.37. The molecule has 2 aromatic rings. The van der Waals surface area contributed by atoms with Gasteiger partial charge < -0.3 is 20.1 Å². The maximum Gasteiger partial charge on any atom is 0.251 e. The van der Waals surface area contributed by atoms with E-state index in [-0.39, 0.29) is 5.91 Å². The lowest BCUT2D eigenvalue weighted by atomic mass is 9.91. The first-order valence-electron chi connectivity index (χ1n) is 9.56. The predicted molar refractivity (Wildman–Crippen MR) is 106 cm³/mol. The molecule has 0 radical (unpaired) electrons. The second-order valence-electron chi connectivity index (χ2n) is 6.83. The van der Waals surface area contributed by atoms with Crippen LogP contribution in [0.4, 0.5) is 0 Å². The van der Waals surface area contributed by atoms with Gasteiger partial charge in [-0.25, -0.2) is 0 Å². The van der Waals surface area contributed by atoms with E-state index >= 15 is 0 Å². The first-order valence-corrected chi connectivity index (χ1v) is 9.56. The summed E-state index contributed by atoms with van der Waals surface area (Å²) in [4.78, 5) is 12.4. The van der Waals surface area contributed by atoms with E-state index in [1.807, 2.05) is 36.4 Å². The Labute approximate surface area is 161 Å². The number of carbonyl (C=O) groups excluding carboxylic acids is 1. The normalized spacial score (nSPS) is 16.7. The molecule has 5 heteroatoms. The molecule has 27 heavy (non-hydrogen) atoms. The fourth-order valence-corrected chi connectivity index (χ4v) is 3.27. The number of ether oxygens (including phenoxy) is 2. The molecule has 1 heterocycles. The lowest BCUT2D eigenvalue weighted by molar-refractivity contribution is 0.0951. The van der Waals surface area contributed by atoms with Crippen LogP contribution in [-0.2, 0) is 11.3 Å². The first kappa shape index (κ1) is 19.4.